The van der Waals surface area contributed by atoms with E-state index in [9.17, 15) is 9.18 Å². The Morgan fingerprint density at radius 1 is 1.21 bits per heavy atom. The molecule has 0 radical (unpaired) electrons. The Morgan fingerprint density at radius 2 is 2.03 bits per heavy atom. The topological polar surface area (TPSA) is 56.7 Å². The molecule has 0 bridgehead atoms. The van der Waals surface area contributed by atoms with Crippen LogP contribution in [0, 0.1) is 5.82 Å². The zero-order chi connectivity index (χ0) is 20.6. The highest BCUT2D eigenvalue weighted by Crippen LogP contribution is 2.26. The van der Waals surface area contributed by atoms with Crippen LogP contribution in [0.5, 0.6) is 0 Å². The van der Waals surface area contributed by atoms with E-state index in [1.54, 1.807) is 30.9 Å². The summed E-state index contributed by atoms with van der Waals surface area (Å²) in [5.74, 6) is 1.08. The van der Waals surface area contributed by atoms with E-state index < -0.39 is 0 Å². The number of rotatable bonds is 6. The number of aliphatic imine (C=N–C) groups is 1. The molecule has 1 aliphatic heterocycles. The zero-order valence-corrected chi connectivity index (χ0v) is 17.7. The Morgan fingerprint density at radius 3 is 2.83 bits per heavy atom. The summed E-state index contributed by atoms with van der Waals surface area (Å²) in [6.45, 7) is 1.41. The SMILES string of the molecule is CN=C(NCC(=O)N1CCCc2ccccc21)NCc1ccc(F)cc1CSC. The lowest BCUT2D eigenvalue weighted by molar-refractivity contribution is -0.117. The van der Waals surface area contributed by atoms with E-state index >= 15 is 0 Å². The van der Waals surface area contributed by atoms with Crippen LogP contribution in [0.1, 0.15) is 23.1 Å². The summed E-state index contributed by atoms with van der Waals surface area (Å²) in [6.07, 6.45) is 3.97. The van der Waals surface area contributed by atoms with Gasteiger partial charge in [-0.2, -0.15) is 11.8 Å². The molecule has 0 saturated heterocycles. The van der Waals surface area contributed by atoms with Crippen LogP contribution in [0.2, 0.25) is 0 Å². The molecule has 2 aromatic rings. The summed E-state index contributed by atoms with van der Waals surface area (Å²) >= 11 is 1.65. The van der Waals surface area contributed by atoms with Gasteiger partial charge in [0.15, 0.2) is 5.96 Å². The van der Waals surface area contributed by atoms with E-state index in [2.05, 4.69) is 21.7 Å². The Hall–Kier alpha value is -2.54. The van der Waals surface area contributed by atoms with Crippen molar-refractivity contribution in [3.63, 3.8) is 0 Å². The molecule has 1 amide bonds. The van der Waals surface area contributed by atoms with Crippen LogP contribution in [0.4, 0.5) is 10.1 Å². The van der Waals surface area contributed by atoms with Gasteiger partial charge in [0.25, 0.3) is 0 Å². The molecular formula is C22H27FN4OS. The number of benzene rings is 2. The molecule has 0 fully saturated rings. The van der Waals surface area contributed by atoms with Gasteiger partial charge in [-0.1, -0.05) is 24.3 Å². The van der Waals surface area contributed by atoms with Crippen molar-refractivity contribution in [3.05, 3.63) is 65.0 Å². The lowest BCUT2D eigenvalue weighted by Gasteiger charge is -2.29. The third-order valence-electron chi connectivity index (χ3n) is 4.96. The van der Waals surface area contributed by atoms with E-state index in [0.29, 0.717) is 12.5 Å². The van der Waals surface area contributed by atoms with Gasteiger partial charge in [0.05, 0.1) is 6.54 Å². The first-order valence-corrected chi connectivity index (χ1v) is 11.1. The van der Waals surface area contributed by atoms with Gasteiger partial charge >= 0.3 is 0 Å². The molecule has 0 spiro atoms. The molecule has 2 N–H and O–H groups in total. The molecule has 5 nitrogen and oxygen atoms in total. The van der Waals surface area contributed by atoms with E-state index in [4.69, 9.17) is 0 Å². The van der Waals surface area contributed by atoms with Gasteiger partial charge < -0.3 is 15.5 Å². The van der Waals surface area contributed by atoms with Gasteiger partial charge in [-0.3, -0.25) is 9.79 Å². The van der Waals surface area contributed by atoms with Crippen molar-refractivity contribution >= 4 is 29.3 Å². The maximum absolute atomic E-state index is 13.5. The minimum Gasteiger partial charge on any atom is -0.352 e. The maximum atomic E-state index is 13.5. The predicted molar refractivity (Wildman–Crippen MR) is 119 cm³/mol. The fourth-order valence-electron chi connectivity index (χ4n) is 3.50. The van der Waals surface area contributed by atoms with Crippen LogP contribution >= 0.6 is 11.8 Å². The molecule has 1 aliphatic rings. The number of para-hydroxylation sites is 1. The zero-order valence-electron chi connectivity index (χ0n) is 16.9. The van der Waals surface area contributed by atoms with Crippen LogP contribution in [-0.4, -0.2) is 38.3 Å². The molecule has 3 rings (SSSR count). The normalized spacial score (nSPS) is 13.8. The van der Waals surface area contributed by atoms with E-state index in [1.807, 2.05) is 29.4 Å². The van der Waals surface area contributed by atoms with Gasteiger partial charge in [0.2, 0.25) is 5.91 Å². The number of nitrogens with zero attached hydrogens (tertiary/aromatic N) is 2. The van der Waals surface area contributed by atoms with Crippen LogP contribution in [-0.2, 0) is 23.5 Å². The first kappa shape index (κ1) is 21.2. The number of hydrogen-bond acceptors (Lipinski definition) is 3. The van der Waals surface area contributed by atoms with Crippen molar-refractivity contribution < 1.29 is 9.18 Å². The molecule has 0 saturated carbocycles. The van der Waals surface area contributed by atoms with E-state index in [0.717, 1.165) is 42.0 Å². The number of amides is 1. The first-order chi connectivity index (χ1) is 14.1. The quantitative estimate of drug-likeness (QED) is 0.562. The second-order valence-electron chi connectivity index (χ2n) is 6.90. The molecule has 0 aromatic heterocycles. The average Bonchev–Trinajstić information content (AvgIpc) is 2.74. The number of anilines is 1. The summed E-state index contributed by atoms with van der Waals surface area (Å²) < 4.78 is 13.5. The molecule has 29 heavy (non-hydrogen) atoms. The number of carbonyl (C=O) groups is 1. The molecule has 154 valence electrons. The molecule has 1 heterocycles. The number of hydrogen-bond donors (Lipinski definition) is 2. The smallest absolute Gasteiger partial charge is 0.246 e. The van der Waals surface area contributed by atoms with Crippen molar-refractivity contribution in [2.24, 2.45) is 4.99 Å². The van der Waals surface area contributed by atoms with Gasteiger partial charge in [0, 0.05) is 31.6 Å². The number of nitrogens with one attached hydrogen (secondary N) is 2. The monoisotopic (exact) mass is 414 g/mol. The van der Waals surface area contributed by atoms with Crippen LogP contribution in [0.3, 0.4) is 0 Å². The standard InChI is InChI=1S/C22H27FN4OS/c1-24-22(25-13-17-9-10-19(23)12-18(17)15-29-2)26-14-21(28)27-11-5-7-16-6-3-4-8-20(16)27/h3-4,6,8-10,12H,5,7,11,13-15H2,1-2H3,(H2,24,25,26). The second kappa shape index (κ2) is 10.3. The summed E-state index contributed by atoms with van der Waals surface area (Å²) in [6, 6.07) is 12.9. The summed E-state index contributed by atoms with van der Waals surface area (Å²) in [5.41, 5.74) is 4.19. The minimum absolute atomic E-state index is 0.0185. The number of carbonyl (C=O) groups excluding carboxylic acids is 1. The average molecular weight is 415 g/mol. The van der Waals surface area contributed by atoms with Crippen molar-refractivity contribution in [2.75, 3.05) is 31.3 Å². The third-order valence-corrected chi connectivity index (χ3v) is 5.56. The van der Waals surface area contributed by atoms with Crippen LogP contribution < -0.4 is 15.5 Å². The Kier molecular flexibility index (Phi) is 7.52. The Balaban J connectivity index is 1.57. The number of thioether (sulfide) groups is 1. The van der Waals surface area contributed by atoms with Gasteiger partial charge in [-0.05, 0) is 54.0 Å². The maximum Gasteiger partial charge on any atom is 0.246 e. The van der Waals surface area contributed by atoms with Gasteiger partial charge in [-0.15, -0.1) is 0 Å². The number of halogens is 1. The fourth-order valence-corrected chi connectivity index (χ4v) is 4.08. The van der Waals surface area contributed by atoms with Crippen molar-refractivity contribution in [1.82, 2.24) is 10.6 Å². The molecule has 7 heteroatoms. The highest BCUT2D eigenvalue weighted by atomic mass is 32.2. The van der Waals surface area contributed by atoms with Crippen molar-refractivity contribution in [3.8, 4) is 0 Å². The molecule has 2 aromatic carbocycles. The second-order valence-corrected chi connectivity index (χ2v) is 7.77. The Bertz CT molecular complexity index is 887. The van der Waals surface area contributed by atoms with Gasteiger partial charge in [-0.25, -0.2) is 4.39 Å². The fraction of sp³-hybridized carbons (Fsp3) is 0.364. The van der Waals surface area contributed by atoms with Crippen LogP contribution in [0.25, 0.3) is 0 Å². The largest absolute Gasteiger partial charge is 0.352 e. The molecule has 0 atom stereocenters. The number of fused-ring (bicyclic) bond motifs is 1. The lowest BCUT2D eigenvalue weighted by atomic mass is 10.0. The summed E-state index contributed by atoms with van der Waals surface area (Å²) in [5, 5.41) is 6.32. The highest BCUT2D eigenvalue weighted by molar-refractivity contribution is 7.97. The summed E-state index contributed by atoms with van der Waals surface area (Å²) in [7, 11) is 1.67. The Labute approximate surface area is 175 Å². The predicted octanol–water partition coefficient (Wildman–Crippen LogP) is 3.33. The van der Waals surface area contributed by atoms with Crippen molar-refractivity contribution in [2.45, 2.75) is 25.1 Å². The number of aryl methyl sites for hydroxylation is 1. The third kappa shape index (κ3) is 5.50. The lowest BCUT2D eigenvalue weighted by Crippen LogP contribution is -2.46. The van der Waals surface area contributed by atoms with E-state index in [-0.39, 0.29) is 18.3 Å². The van der Waals surface area contributed by atoms with E-state index in [1.165, 1.54) is 11.6 Å². The molecular weight excluding hydrogens is 387 g/mol. The van der Waals surface area contributed by atoms with Crippen LogP contribution in [0.15, 0.2) is 47.5 Å². The van der Waals surface area contributed by atoms with Gasteiger partial charge in [0.1, 0.15) is 5.82 Å². The number of guanidine groups is 1. The molecule has 0 unspecified atom stereocenters. The highest BCUT2D eigenvalue weighted by Gasteiger charge is 2.22. The minimum atomic E-state index is -0.229. The summed E-state index contributed by atoms with van der Waals surface area (Å²) in [4.78, 5) is 18.8. The van der Waals surface area contributed by atoms with Crippen molar-refractivity contribution in [1.29, 1.82) is 0 Å². The first-order valence-electron chi connectivity index (χ1n) is 9.71. The molecule has 0 aliphatic carbocycles.